The topological polar surface area (TPSA) is 15.8 Å². The van der Waals surface area contributed by atoms with Gasteiger partial charge in [0.1, 0.15) is 0 Å². The molecule has 0 amide bonds. The second-order valence-corrected chi connectivity index (χ2v) is 5.42. The lowest BCUT2D eigenvalue weighted by Crippen LogP contribution is -1.81. The second kappa shape index (κ2) is 4.18. The van der Waals surface area contributed by atoms with Crippen molar-refractivity contribution < 1.29 is 0 Å². The van der Waals surface area contributed by atoms with Crippen LogP contribution in [-0.4, -0.2) is 4.98 Å². The molecule has 1 heterocycles. The lowest BCUT2D eigenvalue weighted by Gasteiger charge is -2.00. The Labute approximate surface area is 114 Å². The molecule has 0 bridgehead atoms. The van der Waals surface area contributed by atoms with E-state index in [0.717, 1.165) is 0 Å². The second-order valence-electron chi connectivity index (χ2n) is 4.25. The number of aromatic nitrogens is 1. The number of hydrogen-bond donors (Lipinski definition) is 1. The van der Waals surface area contributed by atoms with Crippen LogP contribution in [0.25, 0.3) is 22.2 Å². The van der Waals surface area contributed by atoms with E-state index in [4.69, 9.17) is 0 Å². The molecule has 0 fully saturated rings. The SMILES string of the molecule is Cc1ccc2cc(-c3ccccc3I)[nH]c2c1. The molecule has 84 valence electrons. The Balaban J connectivity index is 2.22. The van der Waals surface area contributed by atoms with E-state index in [1.165, 1.54) is 31.3 Å². The van der Waals surface area contributed by atoms with E-state index >= 15 is 0 Å². The first-order chi connectivity index (χ1) is 8.24. The average molecular weight is 333 g/mol. The number of hydrogen-bond acceptors (Lipinski definition) is 0. The summed E-state index contributed by atoms with van der Waals surface area (Å²) in [7, 11) is 0. The first-order valence-electron chi connectivity index (χ1n) is 5.58. The standard InChI is InChI=1S/C15H12IN/c1-10-6-7-11-9-15(17-14(11)8-10)12-4-2-3-5-13(12)16/h2-9,17H,1H3. The molecule has 0 aliphatic heterocycles. The van der Waals surface area contributed by atoms with Gasteiger partial charge < -0.3 is 4.98 Å². The highest BCUT2D eigenvalue weighted by molar-refractivity contribution is 14.1. The van der Waals surface area contributed by atoms with Gasteiger partial charge in [-0.1, -0.05) is 30.3 Å². The summed E-state index contributed by atoms with van der Waals surface area (Å²) in [6.45, 7) is 2.12. The Morgan fingerprint density at radius 1 is 1.00 bits per heavy atom. The van der Waals surface area contributed by atoms with Gasteiger partial charge in [-0.2, -0.15) is 0 Å². The Hall–Kier alpha value is -1.29. The van der Waals surface area contributed by atoms with Crippen LogP contribution in [0.3, 0.4) is 0 Å². The minimum Gasteiger partial charge on any atom is -0.354 e. The summed E-state index contributed by atoms with van der Waals surface area (Å²) in [5.74, 6) is 0. The fraction of sp³-hybridized carbons (Fsp3) is 0.0667. The summed E-state index contributed by atoms with van der Waals surface area (Å²) < 4.78 is 1.27. The van der Waals surface area contributed by atoms with E-state index < -0.39 is 0 Å². The van der Waals surface area contributed by atoms with Crippen LogP contribution >= 0.6 is 22.6 Å². The molecule has 0 saturated carbocycles. The number of fused-ring (bicyclic) bond motifs is 1. The maximum atomic E-state index is 3.49. The van der Waals surface area contributed by atoms with Gasteiger partial charge in [0.05, 0.1) is 0 Å². The highest BCUT2D eigenvalue weighted by Gasteiger charge is 2.05. The van der Waals surface area contributed by atoms with Gasteiger partial charge in [0.15, 0.2) is 0 Å². The van der Waals surface area contributed by atoms with Crippen molar-refractivity contribution in [1.29, 1.82) is 0 Å². The monoisotopic (exact) mass is 333 g/mol. The third kappa shape index (κ3) is 1.97. The molecule has 1 nitrogen and oxygen atoms in total. The molecular weight excluding hydrogens is 321 g/mol. The number of rotatable bonds is 1. The normalized spacial score (nSPS) is 10.9. The quantitative estimate of drug-likeness (QED) is 0.619. The zero-order chi connectivity index (χ0) is 11.8. The van der Waals surface area contributed by atoms with Crippen LogP contribution < -0.4 is 0 Å². The summed E-state index contributed by atoms with van der Waals surface area (Å²) in [5, 5.41) is 1.27. The van der Waals surface area contributed by atoms with Gasteiger partial charge in [0.2, 0.25) is 0 Å². The smallest absolute Gasteiger partial charge is 0.0475 e. The van der Waals surface area contributed by atoms with Crippen molar-refractivity contribution in [3.63, 3.8) is 0 Å². The molecule has 2 heteroatoms. The van der Waals surface area contributed by atoms with Crippen molar-refractivity contribution in [2.75, 3.05) is 0 Å². The van der Waals surface area contributed by atoms with Gasteiger partial charge in [-0.3, -0.25) is 0 Å². The zero-order valence-electron chi connectivity index (χ0n) is 9.50. The molecule has 0 atom stereocenters. The highest BCUT2D eigenvalue weighted by Crippen LogP contribution is 2.28. The van der Waals surface area contributed by atoms with Crippen LogP contribution in [0.4, 0.5) is 0 Å². The minimum atomic E-state index is 1.19. The number of H-pyrrole nitrogens is 1. The summed E-state index contributed by atoms with van der Waals surface area (Å²) >= 11 is 2.38. The summed E-state index contributed by atoms with van der Waals surface area (Å²) in [6, 6.07) is 17.1. The van der Waals surface area contributed by atoms with E-state index in [0.29, 0.717) is 0 Å². The molecule has 0 spiro atoms. The molecule has 3 rings (SSSR count). The van der Waals surface area contributed by atoms with Crippen LogP contribution in [0.5, 0.6) is 0 Å². The number of nitrogens with one attached hydrogen (secondary N) is 1. The van der Waals surface area contributed by atoms with Crippen molar-refractivity contribution in [3.8, 4) is 11.3 Å². The molecule has 3 aromatic rings. The molecule has 0 aliphatic carbocycles. The number of aryl methyl sites for hydroxylation is 1. The van der Waals surface area contributed by atoms with E-state index in [1.54, 1.807) is 0 Å². The minimum absolute atomic E-state index is 1.19. The van der Waals surface area contributed by atoms with Crippen molar-refractivity contribution in [2.24, 2.45) is 0 Å². The van der Waals surface area contributed by atoms with Gasteiger partial charge in [-0.25, -0.2) is 0 Å². The molecule has 0 unspecified atom stereocenters. The predicted molar refractivity (Wildman–Crippen MR) is 81.2 cm³/mol. The van der Waals surface area contributed by atoms with Gasteiger partial charge in [-0.05, 0) is 53.3 Å². The Morgan fingerprint density at radius 3 is 2.65 bits per heavy atom. The number of benzene rings is 2. The van der Waals surface area contributed by atoms with Gasteiger partial charge >= 0.3 is 0 Å². The molecule has 2 aromatic carbocycles. The first kappa shape index (κ1) is 10.8. The molecule has 0 aliphatic rings. The maximum Gasteiger partial charge on any atom is 0.0475 e. The molecule has 1 aromatic heterocycles. The molecule has 0 saturated heterocycles. The number of aromatic amines is 1. The van der Waals surface area contributed by atoms with Crippen LogP contribution in [0.1, 0.15) is 5.56 Å². The van der Waals surface area contributed by atoms with E-state index in [-0.39, 0.29) is 0 Å². The summed E-state index contributed by atoms with van der Waals surface area (Å²) in [6.07, 6.45) is 0. The third-order valence-electron chi connectivity index (χ3n) is 2.94. The van der Waals surface area contributed by atoms with Crippen molar-refractivity contribution in [1.82, 2.24) is 4.98 Å². The fourth-order valence-electron chi connectivity index (χ4n) is 2.07. The Morgan fingerprint density at radius 2 is 1.82 bits per heavy atom. The Kier molecular flexibility index (Phi) is 2.67. The van der Waals surface area contributed by atoms with Crippen LogP contribution in [0.15, 0.2) is 48.5 Å². The molecule has 17 heavy (non-hydrogen) atoms. The maximum absolute atomic E-state index is 3.49. The lowest BCUT2D eigenvalue weighted by molar-refractivity contribution is 1.42. The van der Waals surface area contributed by atoms with Gasteiger partial charge in [-0.15, -0.1) is 0 Å². The first-order valence-corrected chi connectivity index (χ1v) is 6.66. The summed E-state index contributed by atoms with van der Waals surface area (Å²) in [4.78, 5) is 3.49. The largest absolute Gasteiger partial charge is 0.354 e. The van der Waals surface area contributed by atoms with E-state index in [9.17, 15) is 0 Å². The zero-order valence-corrected chi connectivity index (χ0v) is 11.7. The van der Waals surface area contributed by atoms with Gasteiger partial charge in [0, 0.05) is 25.7 Å². The molecule has 1 N–H and O–H groups in total. The van der Waals surface area contributed by atoms with E-state index in [2.05, 4.69) is 83.0 Å². The third-order valence-corrected chi connectivity index (χ3v) is 3.88. The number of halogens is 1. The van der Waals surface area contributed by atoms with Crippen molar-refractivity contribution in [2.45, 2.75) is 6.92 Å². The average Bonchev–Trinajstić information content (AvgIpc) is 2.72. The van der Waals surface area contributed by atoms with Crippen LogP contribution in [0, 0.1) is 10.5 Å². The Bertz CT molecular complexity index is 682. The lowest BCUT2D eigenvalue weighted by atomic mass is 10.1. The van der Waals surface area contributed by atoms with Gasteiger partial charge in [0.25, 0.3) is 0 Å². The van der Waals surface area contributed by atoms with Crippen LogP contribution in [0.2, 0.25) is 0 Å². The van der Waals surface area contributed by atoms with Crippen molar-refractivity contribution in [3.05, 3.63) is 57.7 Å². The van der Waals surface area contributed by atoms with Crippen LogP contribution in [-0.2, 0) is 0 Å². The van der Waals surface area contributed by atoms with Crippen molar-refractivity contribution >= 4 is 33.5 Å². The van der Waals surface area contributed by atoms with E-state index in [1.807, 2.05) is 0 Å². The summed E-state index contributed by atoms with van der Waals surface area (Å²) in [5.41, 5.74) is 4.95. The fourth-order valence-corrected chi connectivity index (χ4v) is 2.74. The predicted octanol–water partition coefficient (Wildman–Crippen LogP) is 4.75. The molecule has 0 radical (unpaired) electrons. The molecular formula is C15H12IN. The highest BCUT2D eigenvalue weighted by atomic mass is 127.